The van der Waals surface area contributed by atoms with E-state index < -0.39 is 12.2 Å². The molecule has 0 saturated heterocycles. The van der Waals surface area contributed by atoms with Crippen LogP contribution in [-0.2, 0) is 9.59 Å². The van der Waals surface area contributed by atoms with Gasteiger partial charge in [-0.2, -0.15) is 0 Å². The number of anilines is 1. The zero-order valence-electron chi connectivity index (χ0n) is 16.3. The number of fused-ring (bicyclic) bond motifs is 1. The maximum absolute atomic E-state index is 13.2. The fraction of sp³-hybridized carbons (Fsp3) is 0.333. The Hall–Kier alpha value is -2.73. The van der Waals surface area contributed by atoms with Gasteiger partial charge in [-0.05, 0) is 43.7 Å². The highest BCUT2D eigenvalue weighted by Crippen LogP contribution is 2.34. The van der Waals surface area contributed by atoms with Crippen LogP contribution in [0.4, 0.5) is 5.69 Å². The summed E-state index contributed by atoms with van der Waals surface area (Å²) in [5.41, 5.74) is 1.59. The van der Waals surface area contributed by atoms with Gasteiger partial charge in [0.1, 0.15) is 11.5 Å². The second kappa shape index (κ2) is 8.10. The van der Waals surface area contributed by atoms with E-state index in [1.165, 1.54) is 4.90 Å². The predicted molar refractivity (Wildman–Crippen MR) is 108 cm³/mol. The van der Waals surface area contributed by atoms with Crippen LogP contribution < -0.4 is 14.4 Å². The molecule has 0 bridgehead atoms. The molecule has 0 radical (unpaired) electrons. The summed E-state index contributed by atoms with van der Waals surface area (Å²) in [7, 11) is 3.31. The van der Waals surface area contributed by atoms with Crippen molar-refractivity contribution < 1.29 is 19.1 Å². The number of hydrogen-bond acceptors (Lipinski definition) is 4. The summed E-state index contributed by atoms with van der Waals surface area (Å²) in [5.74, 6) is 0.459. The van der Waals surface area contributed by atoms with E-state index in [4.69, 9.17) is 21.1 Å². The van der Waals surface area contributed by atoms with Crippen LogP contribution in [0.25, 0.3) is 0 Å². The first-order valence-electron chi connectivity index (χ1n) is 8.99. The Morgan fingerprint density at radius 3 is 2.68 bits per heavy atom. The molecule has 0 aromatic heterocycles. The van der Waals surface area contributed by atoms with Crippen LogP contribution in [-0.4, -0.2) is 49.6 Å². The van der Waals surface area contributed by atoms with Gasteiger partial charge in [-0.25, -0.2) is 0 Å². The zero-order chi connectivity index (χ0) is 20.4. The molecule has 1 aliphatic rings. The number of ether oxygens (including phenoxy) is 2. The van der Waals surface area contributed by atoms with Crippen LogP contribution in [0, 0.1) is 6.92 Å². The lowest BCUT2D eigenvalue weighted by molar-refractivity contribution is -0.136. The molecule has 1 heterocycles. The lowest BCUT2D eigenvalue weighted by Gasteiger charge is -2.36. The highest BCUT2D eigenvalue weighted by molar-refractivity contribution is 6.32. The van der Waals surface area contributed by atoms with Gasteiger partial charge in [0.15, 0.2) is 12.2 Å². The fourth-order valence-corrected chi connectivity index (χ4v) is 3.18. The van der Waals surface area contributed by atoms with Crippen molar-refractivity contribution in [2.24, 2.45) is 0 Å². The van der Waals surface area contributed by atoms with Gasteiger partial charge in [0.05, 0.1) is 17.3 Å². The van der Waals surface area contributed by atoms with Gasteiger partial charge in [0.25, 0.3) is 11.8 Å². The van der Waals surface area contributed by atoms with Crippen molar-refractivity contribution in [2.45, 2.75) is 26.1 Å². The number of aryl methyl sites for hydroxylation is 1. The lowest BCUT2D eigenvalue weighted by Crippen LogP contribution is -2.52. The van der Waals surface area contributed by atoms with Crippen molar-refractivity contribution in [2.75, 3.05) is 25.5 Å². The third-order valence-electron chi connectivity index (χ3n) is 4.49. The van der Waals surface area contributed by atoms with Gasteiger partial charge in [-0.15, -0.1) is 0 Å². The van der Waals surface area contributed by atoms with Crippen molar-refractivity contribution in [3.8, 4) is 11.5 Å². The number of para-hydroxylation sites is 2. The van der Waals surface area contributed by atoms with Gasteiger partial charge in [-0.3, -0.25) is 9.59 Å². The molecule has 1 aliphatic heterocycles. The summed E-state index contributed by atoms with van der Waals surface area (Å²) >= 11 is 6.19. The second-order valence-corrected chi connectivity index (χ2v) is 7.36. The van der Waals surface area contributed by atoms with Gasteiger partial charge in [-0.1, -0.05) is 29.8 Å². The van der Waals surface area contributed by atoms with E-state index in [9.17, 15) is 9.59 Å². The molecule has 3 rings (SSSR count). The quantitative estimate of drug-likeness (QED) is 0.787. The van der Waals surface area contributed by atoms with E-state index >= 15 is 0 Å². The average molecular weight is 403 g/mol. The zero-order valence-corrected chi connectivity index (χ0v) is 17.1. The lowest BCUT2D eigenvalue weighted by atomic mass is 10.1. The largest absolute Gasteiger partial charge is 0.479 e. The molecule has 0 saturated carbocycles. The van der Waals surface area contributed by atoms with E-state index in [2.05, 4.69) is 0 Å². The molecule has 2 aromatic carbocycles. The number of carbonyl (C=O) groups is 2. The normalized spacial score (nSPS) is 16.6. The Kier molecular flexibility index (Phi) is 5.79. The number of halogens is 1. The van der Waals surface area contributed by atoms with Crippen molar-refractivity contribution >= 4 is 29.1 Å². The third kappa shape index (κ3) is 4.07. The minimum absolute atomic E-state index is 0.113. The van der Waals surface area contributed by atoms with Gasteiger partial charge in [0, 0.05) is 14.1 Å². The molecule has 2 aromatic rings. The highest BCUT2D eigenvalue weighted by Gasteiger charge is 2.36. The van der Waals surface area contributed by atoms with Gasteiger partial charge < -0.3 is 19.3 Å². The summed E-state index contributed by atoms with van der Waals surface area (Å²) in [4.78, 5) is 28.6. The fourth-order valence-electron chi connectivity index (χ4n) is 3.02. The van der Waals surface area contributed by atoms with Crippen LogP contribution in [0.5, 0.6) is 11.5 Å². The van der Waals surface area contributed by atoms with Crippen LogP contribution in [0.1, 0.15) is 12.5 Å². The number of benzene rings is 2. The maximum Gasteiger partial charge on any atom is 0.268 e. The number of amides is 2. The average Bonchev–Trinajstić information content (AvgIpc) is 2.68. The van der Waals surface area contributed by atoms with Crippen molar-refractivity contribution in [1.82, 2.24) is 4.90 Å². The first-order chi connectivity index (χ1) is 13.3. The number of hydrogen-bond donors (Lipinski definition) is 0. The Labute approximate surface area is 169 Å². The monoisotopic (exact) mass is 402 g/mol. The number of rotatable bonds is 4. The topological polar surface area (TPSA) is 59.1 Å². The summed E-state index contributed by atoms with van der Waals surface area (Å²) in [6.45, 7) is 3.70. The Morgan fingerprint density at radius 1 is 1.25 bits per heavy atom. The SMILES string of the molecule is Cc1ccc(Cl)c(OC(C)C(=O)N2CC(C(=O)N(C)C)Oc3ccccc32)c1. The number of likely N-dealkylation sites (N-methyl/N-ethyl adjacent to an activating group) is 1. The Balaban J connectivity index is 1.86. The molecule has 2 amide bonds. The summed E-state index contributed by atoms with van der Waals surface area (Å²) in [6.07, 6.45) is -1.57. The molecule has 28 heavy (non-hydrogen) atoms. The van der Waals surface area contributed by atoms with E-state index in [1.54, 1.807) is 56.3 Å². The minimum Gasteiger partial charge on any atom is -0.479 e. The number of carbonyl (C=O) groups excluding carboxylic acids is 2. The van der Waals surface area contributed by atoms with Crippen LogP contribution in [0.3, 0.4) is 0 Å². The van der Waals surface area contributed by atoms with Crippen LogP contribution in [0.15, 0.2) is 42.5 Å². The predicted octanol–water partition coefficient (Wildman–Crippen LogP) is 3.30. The van der Waals surface area contributed by atoms with Gasteiger partial charge >= 0.3 is 0 Å². The van der Waals surface area contributed by atoms with Crippen molar-refractivity contribution in [3.63, 3.8) is 0 Å². The Bertz CT molecular complexity index is 900. The molecule has 0 spiro atoms. The highest BCUT2D eigenvalue weighted by atomic mass is 35.5. The smallest absolute Gasteiger partial charge is 0.268 e. The molecular weight excluding hydrogens is 380 g/mol. The van der Waals surface area contributed by atoms with E-state index in [1.807, 2.05) is 19.1 Å². The summed E-state index contributed by atoms with van der Waals surface area (Å²) in [6, 6.07) is 12.5. The van der Waals surface area contributed by atoms with Gasteiger partial charge in [0.2, 0.25) is 0 Å². The van der Waals surface area contributed by atoms with Crippen LogP contribution >= 0.6 is 11.6 Å². The molecule has 0 aliphatic carbocycles. The molecule has 2 unspecified atom stereocenters. The molecule has 0 fully saturated rings. The molecule has 0 N–H and O–H groups in total. The number of nitrogens with zero attached hydrogens (tertiary/aromatic N) is 2. The van der Waals surface area contributed by atoms with Crippen molar-refractivity contribution in [1.29, 1.82) is 0 Å². The summed E-state index contributed by atoms with van der Waals surface area (Å²) < 4.78 is 11.7. The molecule has 7 heteroatoms. The second-order valence-electron chi connectivity index (χ2n) is 6.95. The first kappa shape index (κ1) is 20.0. The molecule has 148 valence electrons. The van der Waals surface area contributed by atoms with Crippen LogP contribution in [0.2, 0.25) is 5.02 Å². The van der Waals surface area contributed by atoms with E-state index in [0.717, 1.165) is 5.56 Å². The standard InChI is InChI=1S/C21H23ClN2O4/c1-13-9-10-15(22)18(11-13)27-14(2)20(25)24-12-19(21(26)23(3)4)28-17-8-6-5-7-16(17)24/h5-11,14,19H,12H2,1-4H3. The molecule has 2 atom stereocenters. The van der Waals surface area contributed by atoms with E-state index in [0.29, 0.717) is 22.2 Å². The first-order valence-corrected chi connectivity index (χ1v) is 9.36. The minimum atomic E-state index is -0.791. The molecular formula is C21H23ClN2O4. The maximum atomic E-state index is 13.2. The summed E-state index contributed by atoms with van der Waals surface area (Å²) in [5, 5.41) is 0.438. The molecule has 6 nitrogen and oxygen atoms in total. The Morgan fingerprint density at radius 2 is 1.96 bits per heavy atom. The third-order valence-corrected chi connectivity index (χ3v) is 4.81. The van der Waals surface area contributed by atoms with Crippen molar-refractivity contribution in [3.05, 3.63) is 53.1 Å². The van der Waals surface area contributed by atoms with E-state index in [-0.39, 0.29) is 18.4 Å².